The van der Waals surface area contributed by atoms with Crippen LogP contribution in [-0.2, 0) is 0 Å². The number of ether oxygens (including phenoxy) is 3. The Bertz CT molecular complexity index is 2100. The van der Waals surface area contributed by atoms with E-state index in [4.69, 9.17) is 14.2 Å². The molecule has 0 spiro atoms. The van der Waals surface area contributed by atoms with Crippen LogP contribution in [0.2, 0.25) is 0 Å². The monoisotopic (exact) mass is 688 g/mol. The lowest BCUT2D eigenvalue weighted by molar-refractivity contribution is 0.138. The van der Waals surface area contributed by atoms with Gasteiger partial charge in [-0.1, -0.05) is 80.6 Å². The highest BCUT2D eigenvalue weighted by atomic mass is 16.5. The van der Waals surface area contributed by atoms with Crippen molar-refractivity contribution in [1.29, 1.82) is 0 Å². The molecule has 0 amide bonds. The van der Waals surface area contributed by atoms with Gasteiger partial charge in [-0.2, -0.15) is 0 Å². The van der Waals surface area contributed by atoms with E-state index in [9.17, 15) is 0 Å². The minimum Gasteiger partial charge on any atom is -0.491 e. The third-order valence-corrected chi connectivity index (χ3v) is 11.8. The van der Waals surface area contributed by atoms with Crippen LogP contribution in [0, 0.1) is 11.8 Å². The molecule has 3 heteroatoms. The van der Waals surface area contributed by atoms with Crippen LogP contribution >= 0.6 is 0 Å². The van der Waals surface area contributed by atoms with Gasteiger partial charge in [0.15, 0.2) is 0 Å². The first-order valence-corrected chi connectivity index (χ1v) is 19.6. The fourth-order valence-electron chi connectivity index (χ4n) is 8.95. The first-order valence-electron chi connectivity index (χ1n) is 19.6. The molecule has 0 aliphatic heterocycles. The lowest BCUT2D eigenvalue weighted by Gasteiger charge is -2.26. The van der Waals surface area contributed by atoms with Crippen molar-refractivity contribution in [3.8, 4) is 23.0 Å². The summed E-state index contributed by atoms with van der Waals surface area (Å²) in [6, 6.07) is 45.9. The highest BCUT2D eigenvalue weighted by Gasteiger charge is 2.41. The Kier molecular flexibility index (Phi) is 9.95. The van der Waals surface area contributed by atoms with Crippen LogP contribution in [0.25, 0.3) is 21.5 Å². The van der Waals surface area contributed by atoms with E-state index in [1.165, 1.54) is 63.9 Å². The van der Waals surface area contributed by atoms with Gasteiger partial charge in [-0.25, -0.2) is 0 Å². The van der Waals surface area contributed by atoms with E-state index in [1.54, 1.807) is 0 Å². The third kappa shape index (κ3) is 7.84. The molecule has 2 aliphatic rings. The second-order valence-corrected chi connectivity index (χ2v) is 16.0. The highest BCUT2D eigenvalue weighted by Crippen LogP contribution is 2.46. The van der Waals surface area contributed by atoms with Crippen molar-refractivity contribution in [1.82, 2.24) is 0 Å². The Balaban J connectivity index is 0.967. The molecule has 3 nitrogen and oxygen atoms in total. The summed E-state index contributed by atoms with van der Waals surface area (Å²) >= 11 is 0. The molecule has 0 saturated heterocycles. The van der Waals surface area contributed by atoms with Crippen LogP contribution in [0.4, 0.5) is 0 Å². The fourth-order valence-corrected chi connectivity index (χ4v) is 8.95. The molecule has 2 bridgehead atoms. The minimum absolute atomic E-state index is 0.172. The molecule has 6 aromatic rings. The summed E-state index contributed by atoms with van der Waals surface area (Å²) in [4.78, 5) is 0. The van der Waals surface area contributed by atoms with Crippen molar-refractivity contribution in [2.75, 3.05) is 0 Å². The Morgan fingerprint density at radius 1 is 0.519 bits per heavy atom. The summed E-state index contributed by atoms with van der Waals surface area (Å²) in [6.07, 6.45) is 8.02. The van der Waals surface area contributed by atoms with Gasteiger partial charge in [0, 0.05) is 0 Å². The molecule has 52 heavy (non-hydrogen) atoms. The Hall–Kier alpha value is -4.76. The minimum atomic E-state index is 0.172. The molecule has 0 N–H and O–H groups in total. The van der Waals surface area contributed by atoms with Gasteiger partial charge in [0.05, 0.1) is 6.10 Å². The van der Waals surface area contributed by atoms with Gasteiger partial charge in [0.1, 0.15) is 29.1 Å². The zero-order valence-electron chi connectivity index (χ0n) is 31.1. The Morgan fingerprint density at radius 3 is 1.67 bits per heavy atom. The molecule has 266 valence electrons. The normalized spacial score (nSPS) is 19.9. The lowest BCUT2D eigenvalue weighted by Crippen LogP contribution is -2.23. The van der Waals surface area contributed by atoms with Crippen molar-refractivity contribution in [2.24, 2.45) is 11.8 Å². The van der Waals surface area contributed by atoms with Gasteiger partial charge >= 0.3 is 0 Å². The van der Waals surface area contributed by atoms with Crippen molar-refractivity contribution in [2.45, 2.75) is 96.2 Å². The lowest BCUT2D eigenvalue weighted by atomic mass is 9.79. The van der Waals surface area contributed by atoms with Crippen molar-refractivity contribution >= 4 is 21.5 Å². The smallest absolute Gasteiger partial charge is 0.128 e. The molecule has 8 rings (SSSR count). The summed E-state index contributed by atoms with van der Waals surface area (Å²) in [7, 11) is 0. The number of fused-ring (bicyclic) bond motifs is 4. The van der Waals surface area contributed by atoms with Crippen LogP contribution in [0.5, 0.6) is 23.0 Å². The predicted molar refractivity (Wildman–Crippen MR) is 215 cm³/mol. The van der Waals surface area contributed by atoms with Crippen LogP contribution in [-0.4, -0.2) is 12.2 Å². The number of benzene rings is 6. The molecular formula is C49H52O3. The molecule has 6 atom stereocenters. The van der Waals surface area contributed by atoms with E-state index < -0.39 is 0 Å². The maximum absolute atomic E-state index is 6.55. The van der Waals surface area contributed by atoms with E-state index in [1.807, 2.05) is 0 Å². The summed E-state index contributed by atoms with van der Waals surface area (Å²) in [5.41, 5.74) is 4.08. The first kappa shape index (κ1) is 34.3. The number of rotatable bonds is 13. The van der Waals surface area contributed by atoms with Crippen molar-refractivity contribution in [3.05, 3.63) is 144 Å². The second-order valence-electron chi connectivity index (χ2n) is 16.0. The standard InChI is InChI=1S/C49H52O3/c1-32(2)50-45-18-11-36(12-19-45)33(3)25-43(38-15-22-47(23-16-38)52-49-28-35-9-10-42(49)27-35)26-34(4)37-13-20-46(21-14-37)51-48-24-17-41-29-39-7-5-6-8-40(39)30-44(41)31-48/h5-8,11-24,29-35,42-43,49H,9-10,25-28H2,1-4H3. The van der Waals surface area contributed by atoms with Gasteiger partial charge in [0.2, 0.25) is 0 Å². The van der Waals surface area contributed by atoms with E-state index in [0.717, 1.165) is 47.7 Å². The Labute approximate surface area is 309 Å². The molecule has 2 fully saturated rings. The van der Waals surface area contributed by atoms with Crippen molar-refractivity contribution < 1.29 is 14.2 Å². The average molecular weight is 689 g/mol. The highest BCUT2D eigenvalue weighted by molar-refractivity contribution is 5.98. The van der Waals surface area contributed by atoms with Gasteiger partial charge < -0.3 is 14.2 Å². The summed E-state index contributed by atoms with van der Waals surface area (Å²) < 4.78 is 18.8. The van der Waals surface area contributed by atoms with E-state index in [2.05, 4.69) is 155 Å². The topological polar surface area (TPSA) is 27.7 Å². The predicted octanol–water partition coefficient (Wildman–Crippen LogP) is 13.6. The van der Waals surface area contributed by atoms with E-state index in [0.29, 0.717) is 23.9 Å². The zero-order valence-corrected chi connectivity index (χ0v) is 31.1. The van der Waals surface area contributed by atoms with E-state index in [-0.39, 0.29) is 6.10 Å². The number of hydrogen-bond acceptors (Lipinski definition) is 3. The molecule has 2 aliphatic carbocycles. The Morgan fingerprint density at radius 2 is 1.08 bits per heavy atom. The fraction of sp³-hybridized carbons (Fsp3) is 0.347. The maximum atomic E-state index is 6.55. The first-order chi connectivity index (χ1) is 25.3. The molecule has 6 unspecified atom stereocenters. The van der Waals surface area contributed by atoms with Crippen LogP contribution in [0.15, 0.2) is 127 Å². The van der Waals surface area contributed by atoms with Crippen LogP contribution < -0.4 is 14.2 Å². The van der Waals surface area contributed by atoms with Gasteiger partial charge in [-0.05, 0) is 181 Å². The van der Waals surface area contributed by atoms with Crippen LogP contribution in [0.3, 0.4) is 0 Å². The average Bonchev–Trinajstić information content (AvgIpc) is 3.78. The summed E-state index contributed by atoms with van der Waals surface area (Å²) in [5.74, 6) is 6.50. The SMILES string of the molecule is CC(C)Oc1ccc(C(C)CC(CC(C)c2ccc(Oc3ccc4cc5ccccc5cc4c3)cc2)c2ccc(OC3CC4CCC3C4)cc2)cc1. The van der Waals surface area contributed by atoms with Gasteiger partial charge in [0.25, 0.3) is 0 Å². The molecule has 6 aromatic carbocycles. The molecule has 2 saturated carbocycles. The van der Waals surface area contributed by atoms with Gasteiger partial charge in [-0.15, -0.1) is 0 Å². The maximum Gasteiger partial charge on any atom is 0.128 e. The van der Waals surface area contributed by atoms with E-state index >= 15 is 0 Å². The number of hydrogen-bond donors (Lipinski definition) is 0. The molecule has 0 heterocycles. The van der Waals surface area contributed by atoms with Crippen molar-refractivity contribution in [3.63, 3.8) is 0 Å². The molecule has 0 aromatic heterocycles. The quantitative estimate of drug-likeness (QED) is 0.113. The van der Waals surface area contributed by atoms with Gasteiger partial charge in [-0.3, -0.25) is 0 Å². The second kappa shape index (κ2) is 15.1. The third-order valence-electron chi connectivity index (χ3n) is 11.8. The molecule has 0 radical (unpaired) electrons. The molecular weight excluding hydrogens is 637 g/mol. The summed E-state index contributed by atoms with van der Waals surface area (Å²) in [5, 5.41) is 4.91. The summed E-state index contributed by atoms with van der Waals surface area (Å²) in [6.45, 7) is 8.88. The van der Waals surface area contributed by atoms with Crippen LogP contribution in [0.1, 0.15) is 101 Å². The largest absolute Gasteiger partial charge is 0.491 e. The zero-order chi connectivity index (χ0) is 35.6.